The van der Waals surface area contributed by atoms with Crippen molar-refractivity contribution in [3.05, 3.63) is 12.2 Å². The summed E-state index contributed by atoms with van der Waals surface area (Å²) in [5, 5.41) is 10.1. The maximum Gasteiger partial charge on any atom is 0.315 e. The summed E-state index contributed by atoms with van der Waals surface area (Å²) < 4.78 is 35.9. The number of carboxylic acid groups (broad SMARTS) is 1. The van der Waals surface area contributed by atoms with Crippen molar-refractivity contribution in [1.29, 1.82) is 0 Å². The van der Waals surface area contributed by atoms with Gasteiger partial charge in [0.2, 0.25) is 11.8 Å². The van der Waals surface area contributed by atoms with E-state index in [1.807, 2.05) is 0 Å². The van der Waals surface area contributed by atoms with Crippen molar-refractivity contribution in [3.63, 3.8) is 0 Å². The number of hydrogen-bond acceptors (Lipinski definition) is 7. The Kier molecular flexibility index (Phi) is 4.66. The molecular formula is C16H18N2O9S. The number of carbonyl (C=O) groups excluding carboxylic acids is 4. The van der Waals surface area contributed by atoms with Crippen LogP contribution in [0.2, 0.25) is 0 Å². The zero-order chi connectivity index (χ0) is 20.9. The SMILES string of the molecule is O=C1C=CC(=O)N1C(N1C(=O)CCC1=O)(C1(C(=O)O)CCCCC1)S(=O)(=O)O. The molecule has 1 atom stereocenters. The highest BCUT2D eigenvalue weighted by atomic mass is 32.2. The van der Waals surface area contributed by atoms with E-state index in [2.05, 4.69) is 0 Å². The van der Waals surface area contributed by atoms with Crippen LogP contribution in [0.25, 0.3) is 0 Å². The topological polar surface area (TPSA) is 166 Å². The molecule has 1 saturated heterocycles. The number of amides is 4. The zero-order valence-corrected chi connectivity index (χ0v) is 15.5. The molecule has 0 radical (unpaired) electrons. The van der Waals surface area contributed by atoms with Crippen molar-refractivity contribution in [2.75, 3.05) is 0 Å². The average molecular weight is 414 g/mol. The molecule has 0 bridgehead atoms. The summed E-state index contributed by atoms with van der Waals surface area (Å²) in [7, 11) is -5.68. The van der Waals surface area contributed by atoms with Gasteiger partial charge >= 0.3 is 16.1 Å². The summed E-state index contributed by atoms with van der Waals surface area (Å²) in [5.41, 5.74) is -2.47. The molecule has 2 fully saturated rings. The quantitative estimate of drug-likeness (QED) is 0.451. The minimum atomic E-state index is -5.68. The van der Waals surface area contributed by atoms with Crippen molar-refractivity contribution < 1.29 is 42.0 Å². The molecule has 0 spiro atoms. The minimum absolute atomic E-state index is 0.0306. The van der Waals surface area contributed by atoms with Gasteiger partial charge in [0.15, 0.2) is 0 Å². The third-order valence-electron chi connectivity index (χ3n) is 5.57. The van der Waals surface area contributed by atoms with Crippen LogP contribution in [0.5, 0.6) is 0 Å². The number of hydrogen-bond donors (Lipinski definition) is 2. The van der Waals surface area contributed by atoms with Crippen molar-refractivity contribution in [2.45, 2.75) is 49.9 Å². The van der Waals surface area contributed by atoms with Gasteiger partial charge in [0.05, 0.1) is 0 Å². The van der Waals surface area contributed by atoms with E-state index in [1.54, 1.807) is 0 Å². The average Bonchev–Trinajstić information content (AvgIpc) is 3.12. The molecule has 12 heteroatoms. The van der Waals surface area contributed by atoms with Gasteiger partial charge in [0.1, 0.15) is 5.41 Å². The Morgan fingerprint density at radius 1 is 0.929 bits per heavy atom. The molecule has 2 N–H and O–H groups in total. The second kappa shape index (κ2) is 6.48. The van der Waals surface area contributed by atoms with Gasteiger partial charge < -0.3 is 5.11 Å². The molecule has 3 aliphatic rings. The Labute approximate surface area is 159 Å². The summed E-state index contributed by atoms with van der Waals surface area (Å²) in [6.45, 7) is 0. The standard InChI is InChI=1S/C16H18N2O9S/c19-10-4-5-11(20)17(10)16(28(25,26)27,18-12(21)6-7-13(18)22)15(14(23)24)8-2-1-3-9-15/h4-5H,1-3,6-9H2,(H,23,24)(H,25,26,27). The Balaban J connectivity index is 2.46. The predicted octanol–water partition coefficient (Wildman–Crippen LogP) is -0.363. The maximum atomic E-state index is 12.8. The lowest BCUT2D eigenvalue weighted by Crippen LogP contribution is -2.77. The second-order valence-electron chi connectivity index (χ2n) is 7.00. The molecule has 0 aromatic rings. The van der Waals surface area contributed by atoms with Gasteiger partial charge in [-0.15, -0.1) is 0 Å². The summed E-state index contributed by atoms with van der Waals surface area (Å²) in [6, 6.07) is 0. The molecule has 0 aromatic carbocycles. The van der Waals surface area contributed by atoms with Crippen LogP contribution >= 0.6 is 0 Å². The highest BCUT2D eigenvalue weighted by Crippen LogP contribution is 2.54. The number of carboxylic acids is 1. The van der Waals surface area contributed by atoms with E-state index in [0.717, 1.165) is 0 Å². The Hall–Kier alpha value is -2.60. The van der Waals surface area contributed by atoms with Gasteiger partial charge in [-0.25, -0.2) is 9.80 Å². The molecular weight excluding hydrogens is 396 g/mol. The van der Waals surface area contributed by atoms with Gasteiger partial charge in [-0.2, -0.15) is 8.42 Å². The van der Waals surface area contributed by atoms with Crippen molar-refractivity contribution in [1.82, 2.24) is 9.80 Å². The Bertz CT molecular complexity index is 878. The highest BCUT2D eigenvalue weighted by molar-refractivity contribution is 7.87. The lowest BCUT2D eigenvalue weighted by molar-refractivity contribution is -0.182. The van der Waals surface area contributed by atoms with Crippen LogP contribution < -0.4 is 0 Å². The molecule has 3 rings (SSSR count). The normalized spacial score (nSPS) is 24.8. The maximum absolute atomic E-state index is 12.8. The summed E-state index contributed by atoms with van der Waals surface area (Å²) in [4.78, 5) is 59.1. The first-order valence-electron chi connectivity index (χ1n) is 8.63. The van der Waals surface area contributed by atoms with Crippen molar-refractivity contribution >= 4 is 39.7 Å². The van der Waals surface area contributed by atoms with E-state index in [9.17, 15) is 42.0 Å². The van der Waals surface area contributed by atoms with E-state index < -0.39 is 63.0 Å². The van der Waals surface area contributed by atoms with Gasteiger partial charge in [0, 0.05) is 25.0 Å². The monoisotopic (exact) mass is 414 g/mol. The number of carbonyl (C=O) groups is 5. The molecule has 4 amide bonds. The van der Waals surface area contributed by atoms with Gasteiger partial charge in [-0.05, 0) is 12.8 Å². The van der Waals surface area contributed by atoms with E-state index >= 15 is 0 Å². The molecule has 1 saturated carbocycles. The van der Waals surface area contributed by atoms with Crippen LogP contribution in [-0.2, 0) is 34.1 Å². The number of imide groups is 2. The minimum Gasteiger partial charge on any atom is -0.481 e. The first kappa shape index (κ1) is 20.1. The van der Waals surface area contributed by atoms with Crippen LogP contribution in [0.4, 0.5) is 0 Å². The van der Waals surface area contributed by atoms with Crippen molar-refractivity contribution in [2.24, 2.45) is 5.41 Å². The lowest BCUT2D eigenvalue weighted by atomic mass is 9.70. The Morgan fingerprint density at radius 2 is 1.39 bits per heavy atom. The third-order valence-corrected chi connectivity index (χ3v) is 7.04. The fourth-order valence-electron chi connectivity index (χ4n) is 4.45. The zero-order valence-electron chi connectivity index (χ0n) is 14.7. The van der Waals surface area contributed by atoms with E-state index in [1.165, 1.54) is 0 Å². The molecule has 2 heterocycles. The molecule has 28 heavy (non-hydrogen) atoms. The molecule has 2 aliphatic heterocycles. The highest BCUT2D eigenvalue weighted by Gasteiger charge is 2.75. The Morgan fingerprint density at radius 3 is 1.79 bits per heavy atom. The van der Waals surface area contributed by atoms with E-state index in [0.29, 0.717) is 18.6 Å². The summed E-state index contributed by atoms with van der Waals surface area (Å²) in [6.07, 6.45) is 0.736. The number of rotatable bonds is 5. The molecule has 1 unspecified atom stereocenters. The largest absolute Gasteiger partial charge is 0.481 e. The first-order chi connectivity index (χ1) is 13.0. The van der Waals surface area contributed by atoms with Gasteiger partial charge in [-0.1, -0.05) is 19.3 Å². The van der Waals surface area contributed by atoms with Crippen LogP contribution in [0, 0.1) is 5.41 Å². The van der Waals surface area contributed by atoms with E-state index in [-0.39, 0.29) is 35.5 Å². The second-order valence-corrected chi connectivity index (χ2v) is 8.52. The fourth-order valence-corrected chi connectivity index (χ4v) is 6.08. The van der Waals surface area contributed by atoms with Crippen molar-refractivity contribution in [3.8, 4) is 0 Å². The molecule has 11 nitrogen and oxygen atoms in total. The van der Waals surface area contributed by atoms with Crippen LogP contribution in [-0.4, -0.2) is 62.5 Å². The molecule has 0 aromatic heterocycles. The first-order valence-corrected chi connectivity index (χ1v) is 10.1. The lowest BCUT2D eigenvalue weighted by Gasteiger charge is -2.53. The third kappa shape index (κ3) is 2.44. The molecule has 152 valence electrons. The summed E-state index contributed by atoms with van der Waals surface area (Å²) >= 11 is 0. The van der Waals surface area contributed by atoms with Crippen LogP contribution in [0.3, 0.4) is 0 Å². The van der Waals surface area contributed by atoms with Gasteiger partial charge in [-0.3, -0.25) is 28.5 Å². The van der Waals surface area contributed by atoms with Gasteiger partial charge in [0.25, 0.3) is 16.8 Å². The summed E-state index contributed by atoms with van der Waals surface area (Å²) in [5.74, 6) is -6.37. The van der Waals surface area contributed by atoms with E-state index in [4.69, 9.17) is 0 Å². The fraction of sp³-hybridized carbons (Fsp3) is 0.562. The number of aliphatic carboxylic acids is 1. The molecule has 1 aliphatic carbocycles. The van der Waals surface area contributed by atoms with Crippen LogP contribution in [0.15, 0.2) is 12.2 Å². The number of likely N-dealkylation sites (tertiary alicyclic amines) is 1. The predicted molar refractivity (Wildman–Crippen MR) is 89.5 cm³/mol. The number of nitrogens with zero attached hydrogens (tertiary/aromatic N) is 2. The smallest absolute Gasteiger partial charge is 0.315 e. The van der Waals surface area contributed by atoms with Crippen LogP contribution in [0.1, 0.15) is 44.9 Å².